The van der Waals surface area contributed by atoms with E-state index < -0.39 is 5.91 Å². The van der Waals surface area contributed by atoms with Crippen LogP contribution in [-0.2, 0) is 12.8 Å². The van der Waals surface area contributed by atoms with Gasteiger partial charge < -0.3 is 15.1 Å². The lowest BCUT2D eigenvalue weighted by Gasteiger charge is -2.18. The van der Waals surface area contributed by atoms with Gasteiger partial charge in [0.05, 0.1) is 18.6 Å². The van der Waals surface area contributed by atoms with Gasteiger partial charge in [-0.2, -0.15) is 4.52 Å². The topological polar surface area (TPSA) is 104 Å². The minimum atomic E-state index is -0.396. The van der Waals surface area contributed by atoms with Crippen LogP contribution in [0, 0.1) is 12.8 Å². The maximum atomic E-state index is 12.8. The predicted octanol–water partition coefficient (Wildman–Crippen LogP) is 1.20. The van der Waals surface area contributed by atoms with E-state index in [2.05, 4.69) is 17.0 Å². The van der Waals surface area contributed by atoms with Crippen molar-refractivity contribution in [1.29, 1.82) is 0 Å². The first-order valence-corrected chi connectivity index (χ1v) is 10.0. The Hall–Kier alpha value is -2.10. The maximum Gasteiger partial charge on any atom is 0.293 e. The first-order chi connectivity index (χ1) is 13.0. The van der Waals surface area contributed by atoms with Gasteiger partial charge in [-0.1, -0.05) is 6.92 Å². The van der Waals surface area contributed by atoms with Crippen LogP contribution in [0.3, 0.4) is 0 Å². The number of aliphatic hydroxyl groups excluding tert-OH is 2. The number of aryl methyl sites for hydroxylation is 2. The molecule has 1 amide bonds. The van der Waals surface area contributed by atoms with Crippen LogP contribution in [0.5, 0.6) is 0 Å². The van der Waals surface area contributed by atoms with Crippen LogP contribution < -0.4 is 0 Å². The zero-order chi connectivity index (χ0) is 19.1. The van der Waals surface area contributed by atoms with Gasteiger partial charge in [0.15, 0.2) is 5.65 Å². The molecule has 0 bridgehead atoms. The summed E-state index contributed by atoms with van der Waals surface area (Å²) >= 11 is 1.72. The van der Waals surface area contributed by atoms with E-state index in [9.17, 15) is 15.0 Å². The Balaban J connectivity index is 1.86. The molecule has 3 aromatic rings. The molecule has 4 rings (SSSR count). The van der Waals surface area contributed by atoms with Gasteiger partial charge >= 0.3 is 0 Å². The van der Waals surface area contributed by atoms with Crippen molar-refractivity contribution in [3.05, 3.63) is 22.1 Å². The van der Waals surface area contributed by atoms with Crippen LogP contribution in [0.2, 0.25) is 0 Å². The largest absolute Gasteiger partial charge is 0.395 e. The number of rotatable bonds is 5. The molecule has 0 saturated carbocycles. The lowest BCUT2D eigenvalue weighted by molar-refractivity contribution is 0.0673. The standard InChI is InChI=1S/C18H23N5O3S/c1-10-3-4-13-12(9-10)14-16-20-15(18(26)22(5-7-24)6-8-25)21-23(16)11(2)19-17(14)27-13/h10,24-25H,3-9H2,1-2H3/t10-/m1/s1. The van der Waals surface area contributed by atoms with Gasteiger partial charge in [-0.05, 0) is 37.7 Å². The maximum absolute atomic E-state index is 12.8. The molecule has 0 aromatic carbocycles. The number of thiophene rings is 1. The number of carbonyl (C=O) groups excluding carboxylic acids is 1. The molecule has 1 atom stereocenters. The molecule has 0 unspecified atom stereocenters. The van der Waals surface area contributed by atoms with Crippen molar-refractivity contribution in [2.45, 2.75) is 33.1 Å². The zero-order valence-electron chi connectivity index (χ0n) is 15.5. The van der Waals surface area contributed by atoms with Gasteiger partial charge in [0.25, 0.3) is 5.91 Å². The molecule has 9 heteroatoms. The molecular weight excluding hydrogens is 366 g/mol. The fourth-order valence-electron chi connectivity index (χ4n) is 3.74. The Morgan fingerprint density at radius 2 is 2.04 bits per heavy atom. The first kappa shape index (κ1) is 18.3. The van der Waals surface area contributed by atoms with Crippen LogP contribution in [-0.4, -0.2) is 66.9 Å². The fraction of sp³-hybridized carbons (Fsp3) is 0.556. The van der Waals surface area contributed by atoms with Crippen LogP contribution in [0.25, 0.3) is 15.9 Å². The molecular formula is C18H23N5O3S. The Labute approximate surface area is 160 Å². The summed E-state index contributed by atoms with van der Waals surface area (Å²) < 4.78 is 1.64. The summed E-state index contributed by atoms with van der Waals surface area (Å²) in [5, 5.41) is 23.8. The number of nitrogens with zero attached hydrogens (tertiary/aromatic N) is 5. The van der Waals surface area contributed by atoms with Gasteiger partial charge in [-0.15, -0.1) is 16.4 Å². The summed E-state index contributed by atoms with van der Waals surface area (Å²) in [5.74, 6) is 0.974. The van der Waals surface area contributed by atoms with Crippen molar-refractivity contribution in [2.24, 2.45) is 5.92 Å². The molecule has 8 nitrogen and oxygen atoms in total. The molecule has 144 valence electrons. The van der Waals surface area contributed by atoms with Crippen molar-refractivity contribution in [2.75, 3.05) is 26.3 Å². The lowest BCUT2D eigenvalue weighted by atomic mass is 9.89. The van der Waals surface area contributed by atoms with Crippen molar-refractivity contribution in [1.82, 2.24) is 24.5 Å². The molecule has 3 heterocycles. The van der Waals surface area contributed by atoms with Gasteiger partial charge in [-0.25, -0.2) is 9.97 Å². The second-order valence-corrected chi connectivity index (χ2v) is 8.18. The highest BCUT2D eigenvalue weighted by Crippen LogP contribution is 2.39. The molecule has 0 saturated heterocycles. The Bertz CT molecular complexity index is 1010. The minimum absolute atomic E-state index is 0.0677. The normalized spacial score (nSPS) is 16.8. The summed E-state index contributed by atoms with van der Waals surface area (Å²) in [6.07, 6.45) is 3.24. The monoisotopic (exact) mass is 389 g/mol. The highest BCUT2D eigenvalue weighted by Gasteiger charge is 2.26. The Morgan fingerprint density at radius 3 is 2.74 bits per heavy atom. The lowest BCUT2D eigenvalue weighted by Crippen LogP contribution is -2.36. The van der Waals surface area contributed by atoms with Crippen LogP contribution in [0.15, 0.2) is 0 Å². The molecule has 0 fully saturated rings. The summed E-state index contributed by atoms with van der Waals surface area (Å²) in [7, 11) is 0. The van der Waals surface area contributed by atoms with E-state index in [1.165, 1.54) is 21.8 Å². The van der Waals surface area contributed by atoms with Crippen molar-refractivity contribution < 1.29 is 15.0 Å². The van der Waals surface area contributed by atoms with Crippen LogP contribution in [0.4, 0.5) is 0 Å². The van der Waals surface area contributed by atoms with Crippen molar-refractivity contribution >= 4 is 33.1 Å². The van der Waals surface area contributed by atoms with Crippen LogP contribution >= 0.6 is 11.3 Å². The molecule has 0 spiro atoms. The smallest absolute Gasteiger partial charge is 0.293 e. The third kappa shape index (κ3) is 3.09. The van der Waals surface area contributed by atoms with E-state index in [0.717, 1.165) is 23.1 Å². The molecule has 0 radical (unpaired) electrons. The van der Waals surface area contributed by atoms with E-state index in [-0.39, 0.29) is 32.1 Å². The number of carbonyl (C=O) groups is 1. The number of aromatic nitrogens is 4. The number of hydrogen-bond donors (Lipinski definition) is 2. The molecule has 2 N–H and O–H groups in total. The van der Waals surface area contributed by atoms with Gasteiger partial charge in [0.2, 0.25) is 5.82 Å². The second kappa shape index (κ2) is 7.14. The average molecular weight is 389 g/mol. The molecule has 1 aliphatic rings. The summed E-state index contributed by atoms with van der Waals surface area (Å²) in [4.78, 5) is 25.7. The third-order valence-corrected chi connectivity index (χ3v) is 6.29. The summed E-state index contributed by atoms with van der Waals surface area (Å²) in [6.45, 7) is 4.02. The Kier molecular flexibility index (Phi) is 4.83. The predicted molar refractivity (Wildman–Crippen MR) is 102 cm³/mol. The highest BCUT2D eigenvalue weighted by atomic mass is 32.1. The van der Waals surface area contributed by atoms with E-state index in [0.29, 0.717) is 17.4 Å². The second-order valence-electron chi connectivity index (χ2n) is 7.10. The van der Waals surface area contributed by atoms with Crippen molar-refractivity contribution in [3.63, 3.8) is 0 Å². The molecule has 1 aliphatic carbocycles. The van der Waals surface area contributed by atoms with Gasteiger partial charge in [-0.3, -0.25) is 4.79 Å². The quantitative estimate of drug-likeness (QED) is 0.680. The van der Waals surface area contributed by atoms with Crippen LogP contribution in [0.1, 0.15) is 40.2 Å². The van der Waals surface area contributed by atoms with Gasteiger partial charge in [0.1, 0.15) is 10.7 Å². The van der Waals surface area contributed by atoms with E-state index in [4.69, 9.17) is 4.98 Å². The zero-order valence-corrected chi connectivity index (χ0v) is 16.3. The Morgan fingerprint density at radius 1 is 1.30 bits per heavy atom. The first-order valence-electron chi connectivity index (χ1n) is 9.22. The molecule has 3 aromatic heterocycles. The molecule has 27 heavy (non-hydrogen) atoms. The van der Waals surface area contributed by atoms with E-state index in [1.807, 2.05) is 6.92 Å². The van der Waals surface area contributed by atoms with Crippen molar-refractivity contribution in [3.8, 4) is 0 Å². The number of hydrogen-bond acceptors (Lipinski definition) is 7. The third-order valence-electron chi connectivity index (χ3n) is 5.11. The number of aliphatic hydroxyl groups is 2. The van der Waals surface area contributed by atoms with E-state index >= 15 is 0 Å². The average Bonchev–Trinajstić information content (AvgIpc) is 3.22. The summed E-state index contributed by atoms with van der Waals surface area (Å²) in [6, 6.07) is 0. The number of fused-ring (bicyclic) bond motifs is 5. The number of amides is 1. The SMILES string of the molecule is Cc1nc2sc3c(c2c2nc(C(=O)N(CCO)CCO)nn12)C[C@H](C)CC3. The van der Waals surface area contributed by atoms with E-state index in [1.54, 1.807) is 15.9 Å². The summed E-state index contributed by atoms with van der Waals surface area (Å²) in [5.41, 5.74) is 1.96. The molecule has 0 aliphatic heterocycles. The highest BCUT2D eigenvalue weighted by molar-refractivity contribution is 7.19. The van der Waals surface area contributed by atoms with Gasteiger partial charge in [0, 0.05) is 18.0 Å². The fourth-order valence-corrected chi connectivity index (χ4v) is 4.99. The minimum Gasteiger partial charge on any atom is -0.395 e.